The first kappa shape index (κ1) is 9.72. The summed E-state index contributed by atoms with van der Waals surface area (Å²) in [5.41, 5.74) is 9.21. The maximum Gasteiger partial charge on any atom is 0.211 e. The van der Waals surface area contributed by atoms with Gasteiger partial charge in [-0.05, 0) is 24.3 Å². The summed E-state index contributed by atoms with van der Waals surface area (Å²) in [6.07, 6.45) is 3.48. The van der Waals surface area contributed by atoms with Crippen LogP contribution in [0.4, 0.5) is 11.4 Å². The average Bonchev–Trinajstić information content (AvgIpc) is 2.87. The van der Waals surface area contributed by atoms with Gasteiger partial charge < -0.3 is 16.0 Å². The van der Waals surface area contributed by atoms with E-state index in [-0.39, 0.29) is 5.78 Å². The molecule has 2 heterocycles. The molecule has 2 aromatic rings. The number of carbonyl (C=O) groups excluding carboxylic acids is 1. The number of allylic oxidation sites excluding steroid dienone is 1. The fourth-order valence-corrected chi connectivity index (χ4v) is 1.90. The molecular weight excluding hydrogens is 214 g/mol. The molecule has 0 saturated carbocycles. The van der Waals surface area contributed by atoms with Gasteiger partial charge in [-0.2, -0.15) is 0 Å². The molecule has 0 saturated heterocycles. The number of aromatic nitrogens is 1. The van der Waals surface area contributed by atoms with Crippen molar-refractivity contribution < 1.29 is 4.79 Å². The fourth-order valence-electron chi connectivity index (χ4n) is 1.90. The van der Waals surface area contributed by atoms with Crippen LogP contribution in [0.1, 0.15) is 16.1 Å². The Morgan fingerprint density at radius 2 is 2.00 bits per heavy atom. The average molecular weight is 225 g/mol. The van der Waals surface area contributed by atoms with Gasteiger partial charge in [0.15, 0.2) is 0 Å². The second-order valence-electron chi connectivity index (χ2n) is 3.90. The SMILES string of the molecule is Nc1cc[nH]c1C=C1Nc2ccccc2C1=O. The van der Waals surface area contributed by atoms with Crippen LogP contribution in [0.2, 0.25) is 0 Å². The van der Waals surface area contributed by atoms with Gasteiger partial charge in [0.05, 0.1) is 17.1 Å². The summed E-state index contributed by atoms with van der Waals surface area (Å²) >= 11 is 0. The normalized spacial score (nSPS) is 16.0. The number of hydrogen-bond donors (Lipinski definition) is 3. The first-order valence-electron chi connectivity index (χ1n) is 5.31. The van der Waals surface area contributed by atoms with Crippen molar-refractivity contribution in [3.05, 3.63) is 53.5 Å². The van der Waals surface area contributed by atoms with Crippen LogP contribution in [-0.4, -0.2) is 10.8 Å². The van der Waals surface area contributed by atoms with Crippen LogP contribution in [-0.2, 0) is 0 Å². The Morgan fingerprint density at radius 1 is 1.18 bits per heavy atom. The number of hydrogen-bond acceptors (Lipinski definition) is 3. The van der Waals surface area contributed by atoms with Gasteiger partial charge in [0.1, 0.15) is 0 Å². The predicted octanol–water partition coefficient (Wildman–Crippen LogP) is 2.25. The number of nitrogens with one attached hydrogen (secondary N) is 2. The molecule has 1 aromatic carbocycles. The van der Waals surface area contributed by atoms with Crippen molar-refractivity contribution in [1.82, 2.24) is 4.98 Å². The highest BCUT2D eigenvalue weighted by atomic mass is 16.1. The molecule has 1 aliphatic rings. The van der Waals surface area contributed by atoms with Gasteiger partial charge >= 0.3 is 0 Å². The topological polar surface area (TPSA) is 70.9 Å². The maximum absolute atomic E-state index is 12.0. The lowest BCUT2D eigenvalue weighted by Gasteiger charge is -1.98. The molecule has 1 aliphatic heterocycles. The van der Waals surface area contributed by atoms with Gasteiger partial charge in [-0.3, -0.25) is 4.79 Å². The Morgan fingerprint density at radius 3 is 2.71 bits per heavy atom. The summed E-state index contributed by atoms with van der Waals surface area (Å²) in [7, 11) is 0. The molecule has 4 N–H and O–H groups in total. The largest absolute Gasteiger partial charge is 0.397 e. The summed E-state index contributed by atoms with van der Waals surface area (Å²) in [4.78, 5) is 15.0. The van der Waals surface area contributed by atoms with Gasteiger partial charge in [0.2, 0.25) is 5.78 Å². The molecule has 1 aromatic heterocycles. The van der Waals surface area contributed by atoms with Crippen molar-refractivity contribution in [3.8, 4) is 0 Å². The molecule has 84 valence electrons. The minimum atomic E-state index is -0.00500. The monoisotopic (exact) mass is 225 g/mol. The lowest BCUT2D eigenvalue weighted by molar-refractivity contribution is 0.104. The Balaban J connectivity index is 2.02. The molecule has 0 spiro atoms. The number of para-hydroxylation sites is 1. The molecule has 0 aliphatic carbocycles. The number of carbonyl (C=O) groups is 1. The second-order valence-corrected chi connectivity index (χ2v) is 3.90. The molecule has 4 nitrogen and oxygen atoms in total. The fraction of sp³-hybridized carbons (Fsp3) is 0. The Hall–Kier alpha value is -2.49. The number of aromatic amines is 1. The number of anilines is 2. The first-order chi connectivity index (χ1) is 8.25. The minimum Gasteiger partial charge on any atom is -0.397 e. The third-order valence-electron chi connectivity index (χ3n) is 2.79. The van der Waals surface area contributed by atoms with Crippen molar-refractivity contribution in [2.75, 3.05) is 11.1 Å². The summed E-state index contributed by atoms with van der Waals surface area (Å²) < 4.78 is 0. The van der Waals surface area contributed by atoms with Crippen molar-refractivity contribution in [2.24, 2.45) is 0 Å². The van der Waals surface area contributed by atoms with Crippen molar-refractivity contribution in [2.45, 2.75) is 0 Å². The van der Waals surface area contributed by atoms with E-state index in [1.165, 1.54) is 0 Å². The number of nitrogen functional groups attached to an aromatic ring is 1. The zero-order valence-electron chi connectivity index (χ0n) is 9.03. The van der Waals surface area contributed by atoms with Gasteiger partial charge in [-0.25, -0.2) is 0 Å². The molecule has 0 radical (unpaired) electrons. The van der Waals surface area contributed by atoms with E-state index in [4.69, 9.17) is 5.73 Å². The van der Waals surface area contributed by atoms with E-state index in [0.717, 1.165) is 11.4 Å². The number of rotatable bonds is 1. The summed E-state index contributed by atoms with van der Waals surface area (Å²) in [5, 5.41) is 3.09. The zero-order chi connectivity index (χ0) is 11.8. The van der Waals surface area contributed by atoms with E-state index in [1.54, 1.807) is 18.3 Å². The molecule has 0 bridgehead atoms. The highest BCUT2D eigenvalue weighted by molar-refractivity contribution is 6.20. The van der Waals surface area contributed by atoms with E-state index in [0.29, 0.717) is 16.9 Å². The van der Waals surface area contributed by atoms with E-state index >= 15 is 0 Å². The number of benzene rings is 1. The van der Waals surface area contributed by atoms with Crippen molar-refractivity contribution in [1.29, 1.82) is 0 Å². The van der Waals surface area contributed by atoms with Gasteiger partial charge in [0, 0.05) is 17.4 Å². The second kappa shape index (κ2) is 3.52. The molecule has 0 fully saturated rings. The number of ketones is 1. The van der Waals surface area contributed by atoms with E-state index in [9.17, 15) is 4.79 Å². The third kappa shape index (κ3) is 1.50. The van der Waals surface area contributed by atoms with Crippen LogP contribution in [0.5, 0.6) is 0 Å². The minimum absolute atomic E-state index is 0.00500. The quantitative estimate of drug-likeness (QED) is 0.652. The van der Waals surface area contributed by atoms with Crippen LogP contribution in [0.3, 0.4) is 0 Å². The number of nitrogens with two attached hydrogens (primary N) is 1. The Bertz CT molecular complexity index is 625. The summed E-state index contributed by atoms with van der Waals surface area (Å²) in [6, 6.07) is 9.20. The van der Waals surface area contributed by atoms with E-state index in [2.05, 4.69) is 10.3 Å². The number of H-pyrrole nitrogens is 1. The molecule has 4 heteroatoms. The van der Waals surface area contributed by atoms with Crippen LogP contribution < -0.4 is 11.1 Å². The highest BCUT2D eigenvalue weighted by Gasteiger charge is 2.23. The molecular formula is C13H11N3O. The Kier molecular flexibility index (Phi) is 2.01. The summed E-state index contributed by atoms with van der Waals surface area (Å²) in [5.74, 6) is -0.00500. The van der Waals surface area contributed by atoms with Crippen LogP contribution in [0.25, 0.3) is 6.08 Å². The standard InChI is InChI=1S/C13H11N3O/c14-9-5-6-15-11(9)7-12-13(17)8-3-1-2-4-10(8)16-12/h1-7,15-16H,14H2. The smallest absolute Gasteiger partial charge is 0.211 e. The van der Waals surface area contributed by atoms with Crippen molar-refractivity contribution >= 4 is 23.2 Å². The number of Topliss-reactive ketones (excluding diaryl/α,β-unsaturated/α-hetero) is 1. The molecule has 3 rings (SSSR count). The van der Waals surface area contributed by atoms with Gasteiger partial charge in [-0.1, -0.05) is 12.1 Å². The molecule has 17 heavy (non-hydrogen) atoms. The molecule has 0 atom stereocenters. The molecule has 0 unspecified atom stereocenters. The summed E-state index contributed by atoms with van der Waals surface area (Å²) in [6.45, 7) is 0. The lowest BCUT2D eigenvalue weighted by Crippen LogP contribution is -2.00. The zero-order valence-corrected chi connectivity index (χ0v) is 9.03. The van der Waals surface area contributed by atoms with Crippen LogP contribution >= 0.6 is 0 Å². The molecule has 0 amide bonds. The van der Waals surface area contributed by atoms with Crippen LogP contribution in [0.15, 0.2) is 42.2 Å². The Labute approximate surface area is 98.1 Å². The highest BCUT2D eigenvalue weighted by Crippen LogP contribution is 2.28. The predicted molar refractivity (Wildman–Crippen MR) is 67.6 cm³/mol. The van der Waals surface area contributed by atoms with Crippen molar-refractivity contribution in [3.63, 3.8) is 0 Å². The van der Waals surface area contributed by atoms with Crippen LogP contribution in [0, 0.1) is 0 Å². The lowest BCUT2D eigenvalue weighted by atomic mass is 10.1. The van der Waals surface area contributed by atoms with Gasteiger partial charge in [0.25, 0.3) is 0 Å². The maximum atomic E-state index is 12.0. The van der Waals surface area contributed by atoms with E-state index < -0.39 is 0 Å². The first-order valence-corrected chi connectivity index (χ1v) is 5.31. The van der Waals surface area contributed by atoms with Gasteiger partial charge in [-0.15, -0.1) is 0 Å². The van der Waals surface area contributed by atoms with E-state index in [1.807, 2.05) is 24.3 Å². The third-order valence-corrected chi connectivity index (χ3v) is 2.79. The number of fused-ring (bicyclic) bond motifs is 1.